The maximum Gasteiger partial charge on any atom is 0.301 e. The molecule has 0 aromatic heterocycles. The van der Waals surface area contributed by atoms with Gasteiger partial charge in [0.1, 0.15) is 5.84 Å². The molecule has 6 nitrogen and oxygen atoms in total. The van der Waals surface area contributed by atoms with Crippen LogP contribution in [0.15, 0.2) is 24.3 Å². The molecule has 0 unspecified atom stereocenters. The van der Waals surface area contributed by atoms with Gasteiger partial charge in [0.25, 0.3) is 0 Å². The fourth-order valence-electron chi connectivity index (χ4n) is 1.30. The first-order valence-corrected chi connectivity index (χ1v) is 6.89. The molecule has 18 heavy (non-hydrogen) atoms. The van der Waals surface area contributed by atoms with Crippen LogP contribution in [0.25, 0.3) is 0 Å². The molecule has 0 saturated heterocycles. The van der Waals surface area contributed by atoms with Gasteiger partial charge in [0.05, 0.1) is 5.69 Å². The molecule has 0 fully saturated rings. The number of benzene rings is 1. The average molecular weight is 270 g/mol. The fraction of sp³-hybridized carbons (Fsp3) is 0.364. The van der Waals surface area contributed by atoms with Crippen LogP contribution in [0.1, 0.15) is 19.4 Å². The van der Waals surface area contributed by atoms with Crippen LogP contribution in [0.2, 0.25) is 0 Å². The van der Waals surface area contributed by atoms with Crippen LogP contribution in [0.3, 0.4) is 0 Å². The standard InChI is InChI=1S/C11H18N4O2S/c1-8(2)15(3)18(16,17)14-10-7-5-4-6-9(10)11(12)13/h4-8,14H,1-3H3,(H3,12,13). The molecule has 1 aromatic rings. The Labute approximate surface area is 107 Å². The van der Waals surface area contributed by atoms with E-state index in [0.29, 0.717) is 11.3 Å². The Bertz CT molecular complexity index is 540. The number of para-hydroxylation sites is 1. The van der Waals surface area contributed by atoms with Crippen molar-refractivity contribution >= 4 is 21.7 Å². The summed E-state index contributed by atoms with van der Waals surface area (Å²) in [5.41, 5.74) is 6.07. The van der Waals surface area contributed by atoms with Crippen LogP contribution in [-0.2, 0) is 10.2 Å². The van der Waals surface area contributed by atoms with Crippen LogP contribution in [0.4, 0.5) is 5.69 Å². The third kappa shape index (κ3) is 3.21. The van der Waals surface area contributed by atoms with E-state index in [2.05, 4.69) is 4.72 Å². The second kappa shape index (κ2) is 5.36. The predicted molar refractivity (Wildman–Crippen MR) is 72.9 cm³/mol. The SMILES string of the molecule is CC(C)N(C)S(=O)(=O)Nc1ccccc1C(=N)N. The van der Waals surface area contributed by atoms with E-state index >= 15 is 0 Å². The molecule has 0 aliphatic carbocycles. The zero-order valence-corrected chi connectivity index (χ0v) is 11.5. The topological polar surface area (TPSA) is 99.3 Å². The van der Waals surface area contributed by atoms with Gasteiger partial charge in [0.15, 0.2) is 0 Å². The number of rotatable bonds is 5. The highest BCUT2D eigenvalue weighted by Crippen LogP contribution is 2.17. The largest absolute Gasteiger partial charge is 0.384 e. The first kappa shape index (κ1) is 14.5. The number of anilines is 1. The van der Waals surface area contributed by atoms with E-state index < -0.39 is 10.2 Å². The minimum Gasteiger partial charge on any atom is -0.384 e. The van der Waals surface area contributed by atoms with Gasteiger partial charge in [-0.15, -0.1) is 0 Å². The second-order valence-corrected chi connectivity index (χ2v) is 5.91. The molecule has 0 spiro atoms. The fourth-order valence-corrected chi connectivity index (χ4v) is 2.45. The summed E-state index contributed by atoms with van der Waals surface area (Å²) in [6.45, 7) is 3.55. The maximum absolute atomic E-state index is 12.0. The number of nitrogens with two attached hydrogens (primary N) is 1. The molecule has 0 aliphatic heterocycles. The molecular weight excluding hydrogens is 252 g/mol. The zero-order valence-electron chi connectivity index (χ0n) is 10.6. The first-order chi connectivity index (χ1) is 8.25. The molecule has 0 saturated carbocycles. The number of nitrogens with zero attached hydrogens (tertiary/aromatic N) is 1. The molecule has 0 radical (unpaired) electrons. The summed E-state index contributed by atoms with van der Waals surface area (Å²) in [6.07, 6.45) is 0. The van der Waals surface area contributed by atoms with Gasteiger partial charge < -0.3 is 5.73 Å². The lowest BCUT2D eigenvalue weighted by atomic mass is 10.2. The van der Waals surface area contributed by atoms with Gasteiger partial charge >= 0.3 is 10.2 Å². The lowest BCUT2D eigenvalue weighted by Gasteiger charge is -2.22. The summed E-state index contributed by atoms with van der Waals surface area (Å²) in [5, 5.41) is 7.41. The van der Waals surface area contributed by atoms with E-state index in [1.54, 1.807) is 38.1 Å². The quantitative estimate of drug-likeness (QED) is 0.549. The van der Waals surface area contributed by atoms with E-state index in [0.717, 1.165) is 0 Å². The monoisotopic (exact) mass is 270 g/mol. The first-order valence-electron chi connectivity index (χ1n) is 5.45. The summed E-state index contributed by atoms with van der Waals surface area (Å²) in [4.78, 5) is 0. The molecule has 1 rings (SSSR count). The van der Waals surface area contributed by atoms with E-state index in [1.807, 2.05) is 0 Å². The molecule has 0 bridgehead atoms. The molecule has 0 atom stereocenters. The molecule has 1 aromatic carbocycles. The number of hydrogen-bond donors (Lipinski definition) is 3. The second-order valence-electron chi connectivity index (χ2n) is 4.18. The summed E-state index contributed by atoms with van der Waals surface area (Å²) in [5.74, 6) is -0.180. The molecule has 7 heteroatoms. The summed E-state index contributed by atoms with van der Waals surface area (Å²) >= 11 is 0. The van der Waals surface area contributed by atoms with Crippen LogP contribution in [0, 0.1) is 5.41 Å². The molecule has 0 heterocycles. The normalized spacial score (nSPS) is 11.8. The Hall–Kier alpha value is -1.60. The summed E-state index contributed by atoms with van der Waals surface area (Å²) in [7, 11) is -2.15. The number of amidine groups is 1. The minimum atomic E-state index is -3.64. The Morgan fingerprint density at radius 1 is 1.39 bits per heavy atom. The number of nitrogen functional groups attached to an aromatic ring is 1. The lowest BCUT2D eigenvalue weighted by molar-refractivity contribution is 0.414. The minimum absolute atomic E-state index is 0.160. The van der Waals surface area contributed by atoms with Crippen molar-refractivity contribution in [2.45, 2.75) is 19.9 Å². The Morgan fingerprint density at radius 2 is 1.94 bits per heavy atom. The molecule has 0 aliphatic rings. The van der Waals surface area contributed by atoms with Crippen molar-refractivity contribution in [2.24, 2.45) is 5.73 Å². The van der Waals surface area contributed by atoms with Crippen molar-refractivity contribution in [1.82, 2.24) is 4.31 Å². The van der Waals surface area contributed by atoms with Gasteiger partial charge in [-0.2, -0.15) is 12.7 Å². The van der Waals surface area contributed by atoms with Crippen molar-refractivity contribution in [3.63, 3.8) is 0 Å². The van der Waals surface area contributed by atoms with E-state index in [4.69, 9.17) is 11.1 Å². The molecule has 100 valence electrons. The smallest absolute Gasteiger partial charge is 0.301 e. The van der Waals surface area contributed by atoms with Crippen molar-refractivity contribution < 1.29 is 8.42 Å². The van der Waals surface area contributed by atoms with Crippen molar-refractivity contribution in [3.8, 4) is 0 Å². The van der Waals surface area contributed by atoms with Crippen LogP contribution < -0.4 is 10.5 Å². The van der Waals surface area contributed by atoms with Crippen molar-refractivity contribution in [3.05, 3.63) is 29.8 Å². The highest BCUT2D eigenvalue weighted by atomic mass is 32.2. The van der Waals surface area contributed by atoms with Crippen molar-refractivity contribution in [1.29, 1.82) is 5.41 Å². The molecular formula is C11H18N4O2S. The highest BCUT2D eigenvalue weighted by Gasteiger charge is 2.21. The maximum atomic E-state index is 12.0. The Balaban J connectivity index is 3.09. The van der Waals surface area contributed by atoms with Gasteiger partial charge in [-0.3, -0.25) is 10.1 Å². The number of nitrogens with one attached hydrogen (secondary N) is 2. The van der Waals surface area contributed by atoms with E-state index in [1.165, 1.54) is 11.4 Å². The Morgan fingerprint density at radius 3 is 2.44 bits per heavy atom. The van der Waals surface area contributed by atoms with E-state index in [9.17, 15) is 8.42 Å². The van der Waals surface area contributed by atoms with Gasteiger partial charge in [-0.1, -0.05) is 12.1 Å². The van der Waals surface area contributed by atoms with Crippen LogP contribution in [0.5, 0.6) is 0 Å². The summed E-state index contributed by atoms with van der Waals surface area (Å²) in [6, 6.07) is 6.38. The van der Waals surface area contributed by atoms with Crippen LogP contribution >= 0.6 is 0 Å². The van der Waals surface area contributed by atoms with Gasteiger partial charge in [0.2, 0.25) is 0 Å². The zero-order chi connectivity index (χ0) is 13.9. The summed E-state index contributed by atoms with van der Waals surface area (Å²) < 4.78 is 27.7. The molecule has 0 amide bonds. The van der Waals surface area contributed by atoms with E-state index in [-0.39, 0.29) is 11.9 Å². The van der Waals surface area contributed by atoms with Crippen LogP contribution in [-0.4, -0.2) is 31.6 Å². The predicted octanol–water partition coefficient (Wildman–Crippen LogP) is 0.968. The lowest BCUT2D eigenvalue weighted by Crippen LogP contribution is -2.37. The van der Waals surface area contributed by atoms with Gasteiger partial charge in [-0.25, -0.2) is 0 Å². The van der Waals surface area contributed by atoms with Gasteiger partial charge in [-0.05, 0) is 26.0 Å². The molecule has 4 N–H and O–H groups in total. The van der Waals surface area contributed by atoms with Crippen molar-refractivity contribution in [2.75, 3.05) is 11.8 Å². The average Bonchev–Trinajstić information content (AvgIpc) is 2.27. The number of hydrogen-bond acceptors (Lipinski definition) is 3. The highest BCUT2D eigenvalue weighted by molar-refractivity contribution is 7.90. The third-order valence-electron chi connectivity index (χ3n) is 2.56. The Kier molecular flexibility index (Phi) is 4.31. The van der Waals surface area contributed by atoms with Gasteiger partial charge in [0, 0.05) is 18.7 Å². The third-order valence-corrected chi connectivity index (χ3v) is 4.22.